The number of methoxy groups -OCH3 is 1. The highest BCUT2D eigenvalue weighted by Crippen LogP contribution is 2.57. The van der Waals surface area contributed by atoms with Crippen LogP contribution in [-0.2, 0) is 15.7 Å². The lowest BCUT2D eigenvalue weighted by Gasteiger charge is -2.54. The van der Waals surface area contributed by atoms with E-state index in [-0.39, 0.29) is 28.7 Å². The van der Waals surface area contributed by atoms with Gasteiger partial charge in [0.25, 0.3) is 0 Å². The second kappa shape index (κ2) is 8.17. The molecule has 0 N–H and O–H groups in total. The molecule has 1 saturated heterocycles. The van der Waals surface area contributed by atoms with Crippen molar-refractivity contribution in [2.45, 2.75) is 70.0 Å². The summed E-state index contributed by atoms with van der Waals surface area (Å²) in [5.41, 5.74) is 0.289. The summed E-state index contributed by atoms with van der Waals surface area (Å²) in [4.78, 5) is 32.2. The van der Waals surface area contributed by atoms with Crippen LogP contribution in [0, 0.1) is 18.3 Å². The fourth-order valence-corrected chi connectivity index (χ4v) is 5.97. The van der Waals surface area contributed by atoms with Crippen LogP contribution in [0.4, 0.5) is 18.0 Å². The highest BCUT2D eigenvalue weighted by molar-refractivity contribution is 5.81. The van der Waals surface area contributed by atoms with Gasteiger partial charge in [-0.3, -0.25) is 4.79 Å². The number of carbonyl (C=O) groups is 2. The van der Waals surface area contributed by atoms with Crippen molar-refractivity contribution >= 4 is 12.0 Å². The molecule has 0 aromatic carbocycles. The number of carbonyl (C=O) groups excluding carboxylic acids is 2. The molecule has 1 spiro atoms. The van der Waals surface area contributed by atoms with Crippen molar-refractivity contribution in [1.82, 2.24) is 14.8 Å². The number of hydrogen-bond acceptors (Lipinski definition) is 4. The number of pyridine rings is 1. The third kappa shape index (κ3) is 4.30. The maximum Gasteiger partial charge on any atom is 0.433 e. The van der Waals surface area contributed by atoms with Crippen molar-refractivity contribution in [2.75, 3.05) is 27.2 Å². The Morgan fingerprint density at radius 1 is 1.15 bits per heavy atom. The quantitative estimate of drug-likeness (QED) is 0.643. The van der Waals surface area contributed by atoms with Gasteiger partial charge in [0.05, 0.1) is 7.11 Å². The standard InChI is InChI=1S/C24H32F3N3O3/c1-15-5-6-18(24(25,26)27)28-19(15)16-13-23(14-16)7-9-30(10-8-23)20(31)17-11-22(2,12-17)29(3)21(32)33-4/h5-6,16-17H,7-14H2,1-4H3/t17-,22+. The maximum absolute atomic E-state index is 13.1. The van der Waals surface area contributed by atoms with Crippen LogP contribution in [0.3, 0.4) is 0 Å². The molecule has 182 valence electrons. The number of likely N-dealkylation sites (tertiary alicyclic amines) is 1. The topological polar surface area (TPSA) is 62.7 Å². The molecule has 2 saturated carbocycles. The Bertz CT molecular complexity index is 927. The second-order valence-electron chi connectivity index (χ2n) is 10.5. The highest BCUT2D eigenvalue weighted by atomic mass is 19.4. The zero-order valence-electron chi connectivity index (χ0n) is 19.7. The van der Waals surface area contributed by atoms with Crippen molar-refractivity contribution in [3.63, 3.8) is 0 Å². The molecule has 9 heteroatoms. The molecule has 3 aliphatic rings. The van der Waals surface area contributed by atoms with Crippen LogP contribution < -0.4 is 0 Å². The number of rotatable bonds is 3. The van der Waals surface area contributed by atoms with E-state index in [0.717, 1.165) is 37.3 Å². The average Bonchev–Trinajstić information content (AvgIpc) is 2.73. The lowest BCUT2D eigenvalue weighted by molar-refractivity contribution is -0.147. The fourth-order valence-electron chi connectivity index (χ4n) is 5.97. The smallest absolute Gasteiger partial charge is 0.433 e. The minimum Gasteiger partial charge on any atom is -0.453 e. The molecule has 0 unspecified atom stereocenters. The van der Waals surface area contributed by atoms with E-state index < -0.39 is 18.0 Å². The Morgan fingerprint density at radius 3 is 2.30 bits per heavy atom. The van der Waals surface area contributed by atoms with Gasteiger partial charge < -0.3 is 14.5 Å². The zero-order chi connectivity index (χ0) is 24.2. The van der Waals surface area contributed by atoms with E-state index in [0.29, 0.717) is 31.6 Å². The van der Waals surface area contributed by atoms with Crippen LogP contribution in [0.5, 0.6) is 0 Å². The summed E-state index contributed by atoms with van der Waals surface area (Å²) in [5.74, 6) is 0.116. The molecule has 1 aromatic rings. The minimum absolute atomic E-state index is 0.0516. The predicted molar refractivity (Wildman–Crippen MR) is 115 cm³/mol. The number of ether oxygens (including phenoxy) is 1. The normalized spacial score (nSPS) is 27.0. The zero-order valence-corrected chi connectivity index (χ0v) is 19.7. The summed E-state index contributed by atoms with van der Waals surface area (Å²) in [7, 11) is 3.05. The van der Waals surface area contributed by atoms with Crippen LogP contribution in [0.1, 0.15) is 68.3 Å². The molecule has 1 aliphatic heterocycles. The largest absolute Gasteiger partial charge is 0.453 e. The molecule has 3 fully saturated rings. The Morgan fingerprint density at radius 2 is 1.76 bits per heavy atom. The van der Waals surface area contributed by atoms with Crippen LogP contribution in [0.2, 0.25) is 0 Å². The number of piperidine rings is 1. The second-order valence-corrected chi connectivity index (χ2v) is 10.5. The molecule has 0 bridgehead atoms. The number of aromatic nitrogens is 1. The molecular weight excluding hydrogens is 435 g/mol. The van der Waals surface area contributed by atoms with Gasteiger partial charge in [0.1, 0.15) is 5.69 Å². The third-order valence-electron chi connectivity index (χ3n) is 8.29. The van der Waals surface area contributed by atoms with Gasteiger partial charge in [-0.05, 0) is 69.4 Å². The minimum atomic E-state index is -4.43. The molecule has 2 amide bonds. The molecule has 0 radical (unpaired) electrons. The Kier molecular flexibility index (Phi) is 5.90. The molecular formula is C24H32F3N3O3. The molecule has 4 rings (SSSR count). The lowest BCUT2D eigenvalue weighted by atomic mass is 9.56. The van der Waals surface area contributed by atoms with Crippen molar-refractivity contribution in [2.24, 2.45) is 11.3 Å². The third-order valence-corrected chi connectivity index (χ3v) is 8.29. The van der Waals surface area contributed by atoms with Gasteiger partial charge in [-0.15, -0.1) is 0 Å². The maximum atomic E-state index is 13.1. The van der Waals surface area contributed by atoms with Gasteiger partial charge in [0, 0.05) is 43.2 Å². The van der Waals surface area contributed by atoms with E-state index >= 15 is 0 Å². The van der Waals surface area contributed by atoms with Crippen LogP contribution in [0.25, 0.3) is 0 Å². The lowest BCUT2D eigenvalue weighted by Crippen LogP contribution is -2.60. The van der Waals surface area contributed by atoms with E-state index in [2.05, 4.69) is 4.98 Å². The summed E-state index contributed by atoms with van der Waals surface area (Å²) < 4.78 is 44.0. The summed E-state index contributed by atoms with van der Waals surface area (Å²) in [6.07, 6.45) is -0.167. The average molecular weight is 468 g/mol. The first-order valence-electron chi connectivity index (χ1n) is 11.5. The Labute approximate surface area is 192 Å². The van der Waals surface area contributed by atoms with Gasteiger partial charge in [0.2, 0.25) is 5.91 Å². The van der Waals surface area contributed by atoms with E-state index in [1.54, 1.807) is 11.9 Å². The summed E-state index contributed by atoms with van der Waals surface area (Å²) >= 11 is 0. The first-order chi connectivity index (χ1) is 15.4. The Hall–Kier alpha value is -2.32. The van der Waals surface area contributed by atoms with Gasteiger partial charge in [-0.25, -0.2) is 9.78 Å². The molecule has 6 nitrogen and oxygen atoms in total. The van der Waals surface area contributed by atoms with Crippen molar-refractivity contribution < 1.29 is 27.5 Å². The molecule has 2 aliphatic carbocycles. The molecule has 1 aromatic heterocycles. The van der Waals surface area contributed by atoms with Crippen molar-refractivity contribution in [1.29, 1.82) is 0 Å². The first-order valence-corrected chi connectivity index (χ1v) is 11.5. The SMILES string of the molecule is COC(=O)N(C)[C@]1(C)C[C@H](C(=O)N2CCC3(CC2)CC(c2nc(C(F)(F)F)ccc2C)C3)C1. The fraction of sp³-hybridized carbons (Fsp3) is 0.708. The molecule has 2 heterocycles. The highest BCUT2D eigenvalue weighted by Gasteiger charge is 2.52. The van der Waals surface area contributed by atoms with Gasteiger partial charge in [-0.1, -0.05) is 6.07 Å². The summed E-state index contributed by atoms with van der Waals surface area (Å²) in [6, 6.07) is 2.56. The van der Waals surface area contributed by atoms with E-state index in [9.17, 15) is 22.8 Å². The monoisotopic (exact) mass is 467 g/mol. The summed E-state index contributed by atoms with van der Waals surface area (Å²) in [5, 5.41) is 0. The Balaban J connectivity index is 1.30. The number of alkyl halides is 3. The number of amides is 2. The molecule has 0 atom stereocenters. The predicted octanol–water partition coefficient (Wildman–Crippen LogP) is 4.76. The van der Waals surface area contributed by atoms with Crippen LogP contribution in [0.15, 0.2) is 12.1 Å². The summed E-state index contributed by atoms with van der Waals surface area (Å²) in [6.45, 7) is 5.15. The number of aryl methyl sites for hydroxylation is 1. The number of nitrogens with zero attached hydrogens (tertiary/aromatic N) is 3. The number of halogens is 3. The van der Waals surface area contributed by atoms with E-state index in [4.69, 9.17) is 4.74 Å². The first kappa shape index (κ1) is 23.8. The molecule has 33 heavy (non-hydrogen) atoms. The van der Waals surface area contributed by atoms with E-state index in [1.807, 2.05) is 18.7 Å². The van der Waals surface area contributed by atoms with Gasteiger partial charge in [0.15, 0.2) is 0 Å². The van der Waals surface area contributed by atoms with Crippen LogP contribution in [-0.4, -0.2) is 59.6 Å². The van der Waals surface area contributed by atoms with Gasteiger partial charge >= 0.3 is 12.3 Å². The van der Waals surface area contributed by atoms with Crippen molar-refractivity contribution in [3.05, 3.63) is 29.1 Å². The van der Waals surface area contributed by atoms with Crippen LogP contribution >= 0.6 is 0 Å². The van der Waals surface area contributed by atoms with Crippen molar-refractivity contribution in [3.8, 4) is 0 Å². The van der Waals surface area contributed by atoms with Gasteiger partial charge in [-0.2, -0.15) is 13.2 Å². The number of hydrogen-bond donors (Lipinski definition) is 0. The van der Waals surface area contributed by atoms with E-state index in [1.165, 1.54) is 13.2 Å².